The molecular formula is C15H13FN2. The number of halogens is 1. The van der Waals surface area contributed by atoms with Crippen LogP contribution >= 0.6 is 0 Å². The smallest absolute Gasteiger partial charge is 0.143 e. The second-order valence-electron chi connectivity index (χ2n) is 4.47. The third-order valence-corrected chi connectivity index (χ3v) is 3.15. The van der Waals surface area contributed by atoms with Gasteiger partial charge in [-0.2, -0.15) is 0 Å². The summed E-state index contributed by atoms with van der Waals surface area (Å²) in [6, 6.07) is 12.8. The van der Waals surface area contributed by atoms with Crippen LogP contribution in [0.15, 0.2) is 42.5 Å². The van der Waals surface area contributed by atoms with Crippen LogP contribution < -0.4 is 0 Å². The Morgan fingerprint density at radius 1 is 1.11 bits per heavy atom. The molecule has 0 aliphatic rings. The van der Waals surface area contributed by atoms with Crippen molar-refractivity contribution in [3.8, 4) is 11.4 Å². The highest BCUT2D eigenvalue weighted by atomic mass is 19.1. The lowest BCUT2D eigenvalue weighted by molar-refractivity contribution is 0.629. The molecule has 3 rings (SSSR count). The highest BCUT2D eigenvalue weighted by Gasteiger charge is 2.12. The molecule has 2 aromatic carbocycles. The predicted molar refractivity (Wildman–Crippen MR) is 70.8 cm³/mol. The average Bonchev–Trinajstić information content (AvgIpc) is 2.67. The zero-order valence-corrected chi connectivity index (χ0v) is 10.3. The molecule has 1 heterocycles. The van der Waals surface area contributed by atoms with Gasteiger partial charge < -0.3 is 4.57 Å². The standard InChI is InChI=1S/C15H13FN2/c1-10-7-8-14-13(9-10)17-15(18(14)2)11-5-3-4-6-12(11)16/h3-9H,1-2H3. The SMILES string of the molecule is Cc1ccc2c(c1)nc(-c1ccccc1F)n2C. The minimum atomic E-state index is -0.243. The van der Waals surface area contributed by atoms with Crippen molar-refractivity contribution in [3.63, 3.8) is 0 Å². The van der Waals surface area contributed by atoms with E-state index < -0.39 is 0 Å². The van der Waals surface area contributed by atoms with Crippen molar-refractivity contribution in [2.75, 3.05) is 0 Å². The first-order valence-corrected chi connectivity index (χ1v) is 5.85. The fraction of sp³-hybridized carbons (Fsp3) is 0.133. The summed E-state index contributed by atoms with van der Waals surface area (Å²) < 4.78 is 15.7. The van der Waals surface area contributed by atoms with Gasteiger partial charge in [-0.15, -0.1) is 0 Å². The fourth-order valence-electron chi connectivity index (χ4n) is 2.19. The summed E-state index contributed by atoms with van der Waals surface area (Å²) in [7, 11) is 1.91. The summed E-state index contributed by atoms with van der Waals surface area (Å²) in [6.07, 6.45) is 0. The fourth-order valence-corrected chi connectivity index (χ4v) is 2.19. The van der Waals surface area contributed by atoms with Gasteiger partial charge in [0.2, 0.25) is 0 Å². The molecule has 0 saturated heterocycles. The predicted octanol–water partition coefficient (Wildman–Crippen LogP) is 3.69. The Kier molecular flexibility index (Phi) is 2.40. The molecule has 0 saturated carbocycles. The van der Waals surface area contributed by atoms with E-state index in [1.54, 1.807) is 12.1 Å². The second-order valence-corrected chi connectivity index (χ2v) is 4.47. The third kappa shape index (κ3) is 1.59. The van der Waals surface area contributed by atoms with Crippen molar-refractivity contribution in [1.29, 1.82) is 0 Å². The number of aryl methyl sites for hydroxylation is 2. The van der Waals surface area contributed by atoms with Gasteiger partial charge in [-0.1, -0.05) is 18.2 Å². The largest absolute Gasteiger partial charge is 0.327 e. The zero-order valence-electron chi connectivity index (χ0n) is 10.3. The van der Waals surface area contributed by atoms with Crippen LogP contribution in [0, 0.1) is 12.7 Å². The zero-order chi connectivity index (χ0) is 12.7. The van der Waals surface area contributed by atoms with Gasteiger partial charge in [0.25, 0.3) is 0 Å². The molecule has 0 atom stereocenters. The van der Waals surface area contributed by atoms with Gasteiger partial charge >= 0.3 is 0 Å². The maximum Gasteiger partial charge on any atom is 0.143 e. The van der Waals surface area contributed by atoms with E-state index in [0.29, 0.717) is 11.4 Å². The molecule has 2 nitrogen and oxygen atoms in total. The van der Waals surface area contributed by atoms with E-state index >= 15 is 0 Å². The summed E-state index contributed by atoms with van der Waals surface area (Å²) in [6.45, 7) is 2.02. The lowest BCUT2D eigenvalue weighted by atomic mass is 10.2. The highest BCUT2D eigenvalue weighted by Crippen LogP contribution is 2.25. The monoisotopic (exact) mass is 240 g/mol. The van der Waals surface area contributed by atoms with Crippen LogP contribution in [0.25, 0.3) is 22.4 Å². The molecule has 0 bridgehead atoms. The van der Waals surface area contributed by atoms with Crippen molar-refractivity contribution in [3.05, 3.63) is 53.8 Å². The van der Waals surface area contributed by atoms with E-state index in [4.69, 9.17) is 0 Å². The first-order valence-electron chi connectivity index (χ1n) is 5.85. The average molecular weight is 240 g/mol. The molecule has 0 fully saturated rings. The van der Waals surface area contributed by atoms with E-state index in [1.807, 2.05) is 42.8 Å². The molecule has 0 N–H and O–H groups in total. The molecule has 3 heteroatoms. The van der Waals surface area contributed by atoms with Crippen LogP contribution in [0.3, 0.4) is 0 Å². The number of benzene rings is 2. The Bertz CT molecular complexity index is 728. The van der Waals surface area contributed by atoms with Crippen molar-refractivity contribution in [1.82, 2.24) is 9.55 Å². The first kappa shape index (κ1) is 11.0. The molecule has 0 aliphatic carbocycles. The molecule has 0 spiro atoms. The number of hydrogen-bond donors (Lipinski definition) is 0. The number of rotatable bonds is 1. The van der Waals surface area contributed by atoms with Crippen molar-refractivity contribution in [2.45, 2.75) is 6.92 Å². The molecule has 0 radical (unpaired) electrons. The van der Waals surface area contributed by atoms with Crippen LogP contribution in [0.4, 0.5) is 4.39 Å². The molecule has 90 valence electrons. The summed E-state index contributed by atoms with van der Waals surface area (Å²) >= 11 is 0. The first-order chi connectivity index (χ1) is 8.66. The quantitative estimate of drug-likeness (QED) is 0.634. The Labute approximate surface area is 105 Å². The molecule has 0 aliphatic heterocycles. The third-order valence-electron chi connectivity index (χ3n) is 3.15. The topological polar surface area (TPSA) is 17.8 Å². The normalized spacial score (nSPS) is 11.1. The van der Waals surface area contributed by atoms with Gasteiger partial charge in [-0.25, -0.2) is 9.37 Å². The van der Waals surface area contributed by atoms with E-state index in [0.717, 1.165) is 16.6 Å². The van der Waals surface area contributed by atoms with Crippen LogP contribution in [0.5, 0.6) is 0 Å². The molecule has 3 aromatic rings. The highest BCUT2D eigenvalue weighted by molar-refractivity contribution is 5.81. The van der Waals surface area contributed by atoms with Gasteiger partial charge in [0.15, 0.2) is 0 Å². The molecule has 18 heavy (non-hydrogen) atoms. The Morgan fingerprint density at radius 2 is 1.89 bits per heavy atom. The number of fused-ring (bicyclic) bond motifs is 1. The van der Waals surface area contributed by atoms with E-state index in [-0.39, 0.29) is 5.82 Å². The van der Waals surface area contributed by atoms with Crippen LogP contribution in [0.1, 0.15) is 5.56 Å². The summed E-state index contributed by atoms with van der Waals surface area (Å²) in [5.74, 6) is 0.418. The lowest BCUT2D eigenvalue weighted by Crippen LogP contribution is -1.94. The van der Waals surface area contributed by atoms with Crippen LogP contribution in [-0.4, -0.2) is 9.55 Å². The minimum absolute atomic E-state index is 0.243. The van der Waals surface area contributed by atoms with Crippen molar-refractivity contribution >= 4 is 11.0 Å². The number of aromatic nitrogens is 2. The minimum Gasteiger partial charge on any atom is -0.327 e. The summed E-state index contributed by atoms with van der Waals surface area (Å²) in [5.41, 5.74) is 3.60. The maximum absolute atomic E-state index is 13.8. The molecular weight excluding hydrogens is 227 g/mol. The van der Waals surface area contributed by atoms with Gasteiger partial charge in [0.1, 0.15) is 11.6 Å². The summed E-state index contributed by atoms with van der Waals surface area (Å²) in [4.78, 5) is 4.53. The van der Waals surface area contributed by atoms with E-state index in [9.17, 15) is 4.39 Å². The van der Waals surface area contributed by atoms with Crippen molar-refractivity contribution < 1.29 is 4.39 Å². The number of imidazole rings is 1. The van der Waals surface area contributed by atoms with Crippen molar-refractivity contribution in [2.24, 2.45) is 7.05 Å². The second kappa shape index (κ2) is 3.95. The van der Waals surface area contributed by atoms with E-state index in [2.05, 4.69) is 4.98 Å². The van der Waals surface area contributed by atoms with Crippen LogP contribution in [-0.2, 0) is 7.05 Å². The Balaban J connectivity index is 2.31. The van der Waals surface area contributed by atoms with Gasteiger partial charge in [0, 0.05) is 7.05 Å². The maximum atomic E-state index is 13.8. The number of hydrogen-bond acceptors (Lipinski definition) is 1. The van der Waals surface area contributed by atoms with E-state index in [1.165, 1.54) is 6.07 Å². The van der Waals surface area contributed by atoms with Gasteiger partial charge in [-0.05, 0) is 36.8 Å². The van der Waals surface area contributed by atoms with Gasteiger partial charge in [-0.3, -0.25) is 0 Å². The molecule has 1 aromatic heterocycles. The lowest BCUT2D eigenvalue weighted by Gasteiger charge is -2.03. The molecule has 0 unspecified atom stereocenters. The number of nitrogens with zero attached hydrogens (tertiary/aromatic N) is 2. The van der Waals surface area contributed by atoms with Gasteiger partial charge in [0.05, 0.1) is 16.6 Å². The van der Waals surface area contributed by atoms with Crippen LogP contribution in [0.2, 0.25) is 0 Å². The summed E-state index contributed by atoms with van der Waals surface area (Å²) in [5, 5.41) is 0. The Morgan fingerprint density at radius 3 is 2.67 bits per heavy atom. The molecule has 0 amide bonds. The Hall–Kier alpha value is -2.16.